The summed E-state index contributed by atoms with van der Waals surface area (Å²) in [6.45, 7) is 6.36. The van der Waals surface area contributed by atoms with Crippen molar-refractivity contribution in [2.45, 2.75) is 13.8 Å². The van der Waals surface area contributed by atoms with E-state index in [2.05, 4.69) is 20.8 Å². The summed E-state index contributed by atoms with van der Waals surface area (Å²) in [7, 11) is 1.65. The number of hydrogen-bond donors (Lipinski definition) is 2. The maximum atomic E-state index is 12.4. The summed E-state index contributed by atoms with van der Waals surface area (Å²) < 4.78 is 5.16. The zero-order valence-electron chi connectivity index (χ0n) is 17.0. The van der Waals surface area contributed by atoms with Crippen LogP contribution in [0.1, 0.15) is 24.2 Å². The Hall–Kier alpha value is -3.00. The van der Waals surface area contributed by atoms with E-state index in [4.69, 9.17) is 4.74 Å². The number of hydrogen-bond acceptors (Lipinski definition) is 6. The molecule has 1 saturated heterocycles. The van der Waals surface area contributed by atoms with Crippen molar-refractivity contribution < 1.29 is 14.3 Å². The number of amides is 2. The van der Waals surface area contributed by atoms with Crippen LogP contribution in [-0.4, -0.2) is 55.4 Å². The van der Waals surface area contributed by atoms with Crippen LogP contribution >= 0.6 is 0 Å². The molecule has 29 heavy (non-hydrogen) atoms. The molecule has 0 saturated carbocycles. The minimum absolute atomic E-state index is 0.0383. The summed E-state index contributed by atoms with van der Waals surface area (Å²) in [6, 6.07) is 10.6. The highest BCUT2D eigenvalue weighted by Crippen LogP contribution is 2.23. The van der Waals surface area contributed by atoms with Crippen LogP contribution in [-0.2, 0) is 9.53 Å². The average Bonchev–Trinajstić information content (AvgIpc) is 2.66. The second-order valence-corrected chi connectivity index (χ2v) is 8.03. The van der Waals surface area contributed by atoms with Gasteiger partial charge < -0.3 is 20.3 Å². The molecule has 8 nitrogen and oxygen atoms in total. The lowest BCUT2D eigenvalue weighted by atomic mass is 9.95. The fourth-order valence-corrected chi connectivity index (χ4v) is 3.11. The molecular formula is C21H27N5O3. The van der Waals surface area contributed by atoms with Crippen LogP contribution in [0.3, 0.4) is 0 Å². The minimum atomic E-state index is -0.148. The van der Waals surface area contributed by atoms with Crippen molar-refractivity contribution in [2.75, 3.05) is 43.6 Å². The molecule has 1 aliphatic rings. The van der Waals surface area contributed by atoms with Gasteiger partial charge in [-0.2, -0.15) is 5.10 Å². The Balaban J connectivity index is 1.47. The summed E-state index contributed by atoms with van der Waals surface area (Å²) in [5, 5.41) is 13.7. The number of anilines is 2. The van der Waals surface area contributed by atoms with E-state index < -0.39 is 0 Å². The van der Waals surface area contributed by atoms with Crippen LogP contribution in [0.5, 0.6) is 0 Å². The molecule has 2 amide bonds. The lowest BCUT2D eigenvalue weighted by Gasteiger charge is -2.38. The summed E-state index contributed by atoms with van der Waals surface area (Å²) in [5.74, 6) is 0.498. The van der Waals surface area contributed by atoms with Gasteiger partial charge in [-0.3, -0.25) is 9.59 Å². The summed E-state index contributed by atoms with van der Waals surface area (Å²) in [4.78, 5) is 26.7. The van der Waals surface area contributed by atoms with Gasteiger partial charge in [0.2, 0.25) is 5.91 Å². The van der Waals surface area contributed by atoms with Gasteiger partial charge in [-0.25, -0.2) is 0 Å². The molecule has 0 unspecified atom stereocenters. The molecule has 2 heterocycles. The Morgan fingerprint density at radius 2 is 1.93 bits per heavy atom. The summed E-state index contributed by atoms with van der Waals surface area (Å²) >= 11 is 0. The fraction of sp³-hybridized carbons (Fsp3) is 0.429. The van der Waals surface area contributed by atoms with E-state index in [0.29, 0.717) is 37.5 Å². The molecule has 2 aromatic rings. The van der Waals surface area contributed by atoms with E-state index in [0.717, 1.165) is 5.82 Å². The lowest BCUT2D eigenvalue weighted by Crippen LogP contribution is -2.52. The van der Waals surface area contributed by atoms with Crippen LogP contribution in [0, 0.1) is 11.3 Å². The number of carbonyl (C=O) groups excluding carboxylic acids is 2. The number of nitrogens with one attached hydrogen (secondary N) is 2. The van der Waals surface area contributed by atoms with Gasteiger partial charge in [0, 0.05) is 49.6 Å². The van der Waals surface area contributed by atoms with Crippen molar-refractivity contribution in [1.82, 2.24) is 15.5 Å². The predicted molar refractivity (Wildman–Crippen MR) is 111 cm³/mol. The quantitative estimate of drug-likeness (QED) is 0.707. The number of aromatic nitrogens is 2. The average molecular weight is 397 g/mol. The van der Waals surface area contributed by atoms with Crippen molar-refractivity contribution in [1.29, 1.82) is 0 Å². The molecular weight excluding hydrogens is 370 g/mol. The molecule has 8 heteroatoms. The molecule has 2 N–H and O–H groups in total. The van der Waals surface area contributed by atoms with E-state index >= 15 is 0 Å². The lowest BCUT2D eigenvalue weighted by molar-refractivity contribution is -0.120. The molecule has 0 aliphatic carbocycles. The molecule has 1 fully saturated rings. The first-order chi connectivity index (χ1) is 13.9. The minimum Gasteiger partial charge on any atom is -0.384 e. The van der Waals surface area contributed by atoms with E-state index in [9.17, 15) is 9.59 Å². The largest absolute Gasteiger partial charge is 0.384 e. The van der Waals surface area contributed by atoms with Gasteiger partial charge in [-0.1, -0.05) is 13.8 Å². The first kappa shape index (κ1) is 20.7. The highest BCUT2D eigenvalue weighted by Gasteiger charge is 2.33. The van der Waals surface area contributed by atoms with Crippen LogP contribution in [0.4, 0.5) is 11.5 Å². The Morgan fingerprint density at radius 1 is 1.21 bits per heavy atom. The van der Waals surface area contributed by atoms with Gasteiger partial charge in [0.1, 0.15) is 0 Å². The summed E-state index contributed by atoms with van der Waals surface area (Å²) in [5.41, 5.74) is 1.08. The molecule has 3 rings (SSSR count). The first-order valence-electron chi connectivity index (χ1n) is 9.59. The normalized spacial score (nSPS) is 14.2. The van der Waals surface area contributed by atoms with E-state index in [1.165, 1.54) is 0 Å². The standard InChI is InChI=1S/C21H27N5O3/c1-21(2,14-29-3)13-22-19(27)15-6-8-17(9-7-15)24-20(28)16-11-26(12-16)18-5-4-10-23-25-18/h4-10,16H,11-14H2,1-3H3,(H,22,27)(H,24,28). The van der Waals surface area contributed by atoms with Crippen molar-refractivity contribution in [3.8, 4) is 0 Å². The highest BCUT2D eigenvalue weighted by atomic mass is 16.5. The monoisotopic (exact) mass is 397 g/mol. The number of benzene rings is 1. The zero-order valence-corrected chi connectivity index (χ0v) is 17.0. The van der Waals surface area contributed by atoms with E-state index in [-0.39, 0.29) is 23.1 Å². The maximum Gasteiger partial charge on any atom is 0.251 e. The van der Waals surface area contributed by atoms with Crippen LogP contribution in [0.15, 0.2) is 42.6 Å². The first-order valence-corrected chi connectivity index (χ1v) is 9.59. The van der Waals surface area contributed by atoms with Gasteiger partial charge >= 0.3 is 0 Å². The molecule has 0 atom stereocenters. The number of rotatable bonds is 8. The predicted octanol–water partition coefficient (Wildman–Crippen LogP) is 1.95. The van der Waals surface area contributed by atoms with E-state index in [1.807, 2.05) is 30.9 Å². The molecule has 154 valence electrons. The molecule has 1 aliphatic heterocycles. The third-order valence-electron chi connectivity index (χ3n) is 4.81. The molecule has 1 aromatic heterocycles. The molecule has 0 bridgehead atoms. The highest BCUT2D eigenvalue weighted by molar-refractivity contribution is 5.97. The third-order valence-corrected chi connectivity index (χ3v) is 4.81. The number of ether oxygens (including phenoxy) is 1. The molecule has 0 radical (unpaired) electrons. The SMILES string of the molecule is COCC(C)(C)CNC(=O)c1ccc(NC(=O)C2CN(c3cccnn3)C2)cc1. The Labute approximate surface area is 170 Å². The van der Waals surface area contributed by atoms with Crippen molar-refractivity contribution >= 4 is 23.3 Å². The van der Waals surface area contributed by atoms with Gasteiger partial charge in [0.05, 0.1) is 12.5 Å². The van der Waals surface area contributed by atoms with Gasteiger partial charge in [-0.15, -0.1) is 5.10 Å². The van der Waals surface area contributed by atoms with Crippen molar-refractivity contribution in [3.63, 3.8) is 0 Å². The van der Waals surface area contributed by atoms with Gasteiger partial charge in [0.25, 0.3) is 5.91 Å². The third kappa shape index (κ3) is 5.51. The van der Waals surface area contributed by atoms with Crippen LogP contribution < -0.4 is 15.5 Å². The fourth-order valence-electron chi connectivity index (χ4n) is 3.11. The second-order valence-electron chi connectivity index (χ2n) is 8.03. The molecule has 1 aromatic carbocycles. The van der Waals surface area contributed by atoms with Crippen LogP contribution in [0.25, 0.3) is 0 Å². The summed E-state index contributed by atoms with van der Waals surface area (Å²) in [6.07, 6.45) is 1.62. The second kappa shape index (κ2) is 9.00. The number of carbonyl (C=O) groups is 2. The van der Waals surface area contributed by atoms with Gasteiger partial charge in [0.15, 0.2) is 5.82 Å². The van der Waals surface area contributed by atoms with E-state index in [1.54, 1.807) is 37.6 Å². The Kier molecular flexibility index (Phi) is 6.43. The maximum absolute atomic E-state index is 12.4. The van der Waals surface area contributed by atoms with Crippen molar-refractivity contribution in [3.05, 3.63) is 48.2 Å². The smallest absolute Gasteiger partial charge is 0.251 e. The number of methoxy groups -OCH3 is 1. The molecule has 0 spiro atoms. The number of nitrogens with zero attached hydrogens (tertiary/aromatic N) is 3. The zero-order chi connectivity index (χ0) is 20.9. The van der Waals surface area contributed by atoms with Gasteiger partial charge in [-0.05, 0) is 36.4 Å². The van der Waals surface area contributed by atoms with Crippen molar-refractivity contribution in [2.24, 2.45) is 11.3 Å². The topological polar surface area (TPSA) is 96.5 Å². The Bertz CT molecular complexity index is 833. The van der Waals surface area contributed by atoms with Crippen LogP contribution in [0.2, 0.25) is 0 Å². The Morgan fingerprint density at radius 3 is 2.55 bits per heavy atom.